The molecule has 31 heavy (non-hydrogen) atoms. The molecule has 0 unspecified atom stereocenters. The quantitative estimate of drug-likeness (QED) is 0.257. The highest BCUT2D eigenvalue weighted by Crippen LogP contribution is 2.24. The van der Waals surface area contributed by atoms with E-state index in [9.17, 15) is 14.9 Å². The maximum Gasteiger partial charge on any atom is 0.270 e. The fourth-order valence-corrected chi connectivity index (χ4v) is 3.73. The fraction of sp³-hybridized carbons (Fsp3) is 0.100. The monoisotopic (exact) mass is 454 g/mol. The minimum Gasteiger partial charge on any atom is -0.351 e. The van der Waals surface area contributed by atoms with Gasteiger partial charge in [-0.25, -0.2) is 0 Å². The van der Waals surface area contributed by atoms with Crippen LogP contribution in [0.15, 0.2) is 65.8 Å². The van der Waals surface area contributed by atoms with Gasteiger partial charge in [0, 0.05) is 29.3 Å². The third-order valence-corrected chi connectivity index (χ3v) is 5.64. The molecule has 0 fully saturated rings. The van der Waals surface area contributed by atoms with E-state index in [-0.39, 0.29) is 17.3 Å². The molecule has 0 aliphatic carbocycles. The van der Waals surface area contributed by atoms with Gasteiger partial charge in [0.1, 0.15) is 0 Å². The first-order valence-electron chi connectivity index (χ1n) is 9.11. The van der Waals surface area contributed by atoms with Crippen molar-refractivity contribution in [2.75, 3.05) is 5.75 Å². The van der Waals surface area contributed by atoms with Crippen LogP contribution in [0.5, 0.6) is 0 Å². The van der Waals surface area contributed by atoms with Crippen molar-refractivity contribution in [3.63, 3.8) is 0 Å². The number of nitro groups is 1. The van der Waals surface area contributed by atoms with E-state index in [1.165, 1.54) is 28.4 Å². The molecule has 0 saturated carbocycles. The number of hydrogen-bond acceptors (Lipinski definition) is 7. The molecule has 0 atom stereocenters. The minimum atomic E-state index is -0.455. The number of fused-ring (bicyclic) bond motifs is 1. The Morgan fingerprint density at radius 3 is 2.77 bits per heavy atom. The molecule has 2 heterocycles. The maximum absolute atomic E-state index is 12.2. The van der Waals surface area contributed by atoms with Crippen LogP contribution in [0.25, 0.3) is 16.9 Å². The first-order valence-corrected chi connectivity index (χ1v) is 10.5. The predicted octanol–water partition coefficient (Wildman–Crippen LogP) is 3.76. The molecule has 0 aliphatic heterocycles. The summed E-state index contributed by atoms with van der Waals surface area (Å²) in [6.07, 6.45) is 0. The molecule has 4 aromatic rings. The molecular weight excluding hydrogens is 440 g/mol. The lowest BCUT2D eigenvalue weighted by Gasteiger charge is -2.06. The Labute approximate surface area is 185 Å². The molecule has 11 heteroatoms. The Morgan fingerprint density at radius 1 is 1.13 bits per heavy atom. The van der Waals surface area contributed by atoms with Crippen molar-refractivity contribution in [1.29, 1.82) is 0 Å². The molecule has 1 N–H and O–H groups in total. The lowest BCUT2D eigenvalue weighted by Crippen LogP contribution is -2.24. The third kappa shape index (κ3) is 4.81. The summed E-state index contributed by atoms with van der Waals surface area (Å²) in [5, 5.41) is 27.5. The largest absolute Gasteiger partial charge is 0.351 e. The number of hydrogen-bond donors (Lipinski definition) is 1. The van der Waals surface area contributed by atoms with E-state index >= 15 is 0 Å². The van der Waals surface area contributed by atoms with E-state index in [2.05, 4.69) is 20.6 Å². The van der Waals surface area contributed by atoms with Crippen LogP contribution in [-0.4, -0.2) is 36.4 Å². The number of halogens is 1. The SMILES string of the molecule is O=C(CSc1nnc2ccc(-c3cccc([N+](=O)[O-])c3)nn12)NCc1ccccc1Cl. The van der Waals surface area contributed by atoms with Crippen LogP contribution >= 0.6 is 23.4 Å². The Kier molecular flexibility index (Phi) is 6.10. The third-order valence-electron chi connectivity index (χ3n) is 4.35. The van der Waals surface area contributed by atoms with Crippen LogP contribution in [0.4, 0.5) is 5.69 Å². The number of non-ortho nitro benzene ring substituents is 1. The molecule has 2 aromatic carbocycles. The van der Waals surface area contributed by atoms with Gasteiger partial charge in [-0.1, -0.05) is 53.7 Å². The highest BCUT2D eigenvalue weighted by molar-refractivity contribution is 7.99. The number of carbonyl (C=O) groups is 1. The molecule has 4 rings (SSSR count). The molecular formula is C20H15ClN6O3S. The molecule has 1 amide bonds. The highest BCUT2D eigenvalue weighted by atomic mass is 35.5. The van der Waals surface area contributed by atoms with Gasteiger partial charge in [-0.15, -0.1) is 10.2 Å². The number of amides is 1. The summed E-state index contributed by atoms with van der Waals surface area (Å²) in [5.41, 5.74) is 2.44. The van der Waals surface area contributed by atoms with E-state index in [4.69, 9.17) is 11.6 Å². The molecule has 0 aliphatic rings. The number of nitrogens with zero attached hydrogens (tertiary/aromatic N) is 5. The summed E-state index contributed by atoms with van der Waals surface area (Å²) in [6.45, 7) is 0.328. The topological polar surface area (TPSA) is 115 Å². The zero-order chi connectivity index (χ0) is 21.8. The second-order valence-corrected chi connectivity index (χ2v) is 7.79. The number of benzene rings is 2. The number of aromatic nitrogens is 4. The number of thioether (sulfide) groups is 1. The average Bonchev–Trinajstić information content (AvgIpc) is 3.19. The van der Waals surface area contributed by atoms with E-state index in [1.807, 2.05) is 18.2 Å². The summed E-state index contributed by atoms with van der Waals surface area (Å²) in [6, 6.07) is 16.9. The van der Waals surface area contributed by atoms with Gasteiger partial charge in [-0.2, -0.15) is 9.61 Å². The normalized spacial score (nSPS) is 10.9. The van der Waals surface area contributed by atoms with Crippen LogP contribution in [0, 0.1) is 10.1 Å². The molecule has 0 saturated heterocycles. The smallest absolute Gasteiger partial charge is 0.270 e. The van der Waals surface area contributed by atoms with Crippen LogP contribution in [0.2, 0.25) is 5.02 Å². The van der Waals surface area contributed by atoms with Gasteiger partial charge in [-0.05, 0) is 23.8 Å². The van der Waals surface area contributed by atoms with E-state index in [1.54, 1.807) is 30.3 Å². The van der Waals surface area contributed by atoms with Crippen LogP contribution in [-0.2, 0) is 11.3 Å². The van der Waals surface area contributed by atoms with Gasteiger partial charge in [0.05, 0.1) is 16.4 Å². The van der Waals surface area contributed by atoms with E-state index in [0.29, 0.717) is 33.6 Å². The Morgan fingerprint density at radius 2 is 1.97 bits per heavy atom. The van der Waals surface area contributed by atoms with Crippen LogP contribution < -0.4 is 5.32 Å². The average molecular weight is 455 g/mol. The summed E-state index contributed by atoms with van der Waals surface area (Å²) < 4.78 is 1.51. The van der Waals surface area contributed by atoms with Gasteiger partial charge in [0.15, 0.2) is 5.65 Å². The van der Waals surface area contributed by atoms with E-state index < -0.39 is 4.92 Å². The number of rotatable bonds is 7. The van der Waals surface area contributed by atoms with Gasteiger partial charge in [0.2, 0.25) is 11.1 Å². The number of nitro benzene ring substituents is 1. The standard InChI is InChI=1S/C20H15ClN6O3S/c21-16-7-2-1-4-14(16)11-22-19(28)12-31-20-24-23-18-9-8-17(25-26(18)20)13-5-3-6-15(10-13)27(29)30/h1-10H,11-12H2,(H,22,28). The van der Waals surface area contributed by atoms with Crippen molar-refractivity contribution in [2.45, 2.75) is 11.7 Å². The first kappa shape index (κ1) is 20.8. The predicted molar refractivity (Wildman–Crippen MR) is 117 cm³/mol. The fourth-order valence-electron chi connectivity index (χ4n) is 2.81. The van der Waals surface area contributed by atoms with Crippen molar-refractivity contribution in [3.05, 3.63) is 81.4 Å². The van der Waals surface area contributed by atoms with Crippen molar-refractivity contribution >= 4 is 40.6 Å². The molecule has 156 valence electrons. The zero-order valence-corrected chi connectivity index (χ0v) is 17.5. The summed E-state index contributed by atoms with van der Waals surface area (Å²) in [5.74, 6) is -0.0648. The van der Waals surface area contributed by atoms with Gasteiger partial charge < -0.3 is 5.32 Å². The zero-order valence-electron chi connectivity index (χ0n) is 15.9. The first-order chi connectivity index (χ1) is 15.0. The second kappa shape index (κ2) is 9.11. The van der Waals surface area contributed by atoms with Gasteiger partial charge in [-0.3, -0.25) is 14.9 Å². The number of nitrogens with one attached hydrogen (secondary N) is 1. The molecule has 2 aromatic heterocycles. The molecule has 9 nitrogen and oxygen atoms in total. The Bertz CT molecular complexity index is 1280. The Balaban J connectivity index is 1.46. The number of carbonyl (C=O) groups excluding carboxylic acids is 1. The van der Waals surface area contributed by atoms with Gasteiger partial charge in [0.25, 0.3) is 5.69 Å². The summed E-state index contributed by atoms with van der Waals surface area (Å²) in [4.78, 5) is 22.8. The van der Waals surface area contributed by atoms with E-state index in [0.717, 1.165) is 5.56 Å². The maximum atomic E-state index is 12.2. The lowest BCUT2D eigenvalue weighted by atomic mass is 10.1. The second-order valence-electron chi connectivity index (χ2n) is 6.44. The molecule has 0 radical (unpaired) electrons. The highest BCUT2D eigenvalue weighted by Gasteiger charge is 2.13. The van der Waals surface area contributed by atoms with Crippen molar-refractivity contribution < 1.29 is 9.72 Å². The van der Waals surface area contributed by atoms with Crippen LogP contribution in [0.3, 0.4) is 0 Å². The molecule has 0 spiro atoms. The molecule has 0 bridgehead atoms. The van der Waals surface area contributed by atoms with Crippen molar-refractivity contribution in [1.82, 2.24) is 25.1 Å². The summed E-state index contributed by atoms with van der Waals surface area (Å²) in [7, 11) is 0. The van der Waals surface area contributed by atoms with Crippen molar-refractivity contribution in [3.8, 4) is 11.3 Å². The minimum absolute atomic E-state index is 0.0204. The van der Waals surface area contributed by atoms with Gasteiger partial charge >= 0.3 is 0 Å². The van der Waals surface area contributed by atoms with Crippen molar-refractivity contribution in [2.24, 2.45) is 0 Å². The Hall–Kier alpha value is -3.50. The van der Waals surface area contributed by atoms with Crippen LogP contribution in [0.1, 0.15) is 5.56 Å². The lowest BCUT2D eigenvalue weighted by molar-refractivity contribution is -0.384. The summed E-state index contributed by atoms with van der Waals surface area (Å²) >= 11 is 7.29.